The summed E-state index contributed by atoms with van der Waals surface area (Å²) in [7, 11) is 0. The average Bonchev–Trinajstić information content (AvgIpc) is 3.60. The lowest BCUT2D eigenvalue weighted by Gasteiger charge is -2.40. The Morgan fingerprint density at radius 2 is 1.84 bits per heavy atom. The third kappa shape index (κ3) is 4.81. The predicted octanol–water partition coefficient (Wildman–Crippen LogP) is 6.47. The van der Waals surface area contributed by atoms with Crippen molar-refractivity contribution in [3.05, 3.63) is 72.0 Å². The number of carbonyl (C=O) groups excluding carboxylic acids is 1. The van der Waals surface area contributed by atoms with Gasteiger partial charge in [-0.3, -0.25) is 9.69 Å². The number of amides is 1. The Labute approximate surface area is 255 Å². The number of ether oxygens (including phenoxy) is 1. The molecule has 0 saturated carbocycles. The summed E-state index contributed by atoms with van der Waals surface area (Å²) in [5.74, 6) is 0.0873. The number of nitrogens with zero attached hydrogens (tertiary/aromatic N) is 5. The molecule has 3 aliphatic rings. The molecule has 1 aromatic heterocycles. The second-order valence-corrected chi connectivity index (χ2v) is 12.4. The van der Waals surface area contributed by atoms with Gasteiger partial charge in [-0.05, 0) is 74.9 Å². The van der Waals surface area contributed by atoms with Crippen molar-refractivity contribution in [2.24, 2.45) is 0 Å². The second kappa shape index (κ2) is 11.1. The van der Waals surface area contributed by atoms with Gasteiger partial charge in [0.2, 0.25) is 5.91 Å². The van der Waals surface area contributed by atoms with Crippen LogP contribution in [0.3, 0.4) is 0 Å². The number of hydrogen-bond acceptors (Lipinski definition) is 6. The Kier molecular flexibility index (Phi) is 7.22. The first-order valence-corrected chi connectivity index (χ1v) is 15.5. The third-order valence-electron chi connectivity index (χ3n) is 9.58. The Morgan fingerprint density at radius 3 is 2.58 bits per heavy atom. The predicted molar refractivity (Wildman–Crippen MR) is 169 cm³/mol. The molecule has 7 nitrogen and oxygen atoms in total. The second-order valence-electron chi connectivity index (χ2n) is 12.0. The summed E-state index contributed by atoms with van der Waals surface area (Å²) >= 11 is 6.63. The number of halogens is 2. The van der Waals surface area contributed by atoms with E-state index in [-0.39, 0.29) is 29.0 Å². The first-order chi connectivity index (χ1) is 20.9. The van der Waals surface area contributed by atoms with E-state index in [4.69, 9.17) is 26.3 Å². The van der Waals surface area contributed by atoms with Gasteiger partial charge in [-0.1, -0.05) is 54.6 Å². The van der Waals surface area contributed by atoms with Crippen LogP contribution in [-0.2, 0) is 4.79 Å². The van der Waals surface area contributed by atoms with Crippen molar-refractivity contribution in [2.75, 3.05) is 44.2 Å². The highest BCUT2D eigenvalue weighted by Crippen LogP contribution is 2.41. The quantitative estimate of drug-likeness (QED) is 0.237. The number of carbonyl (C=O) groups is 1. The molecule has 222 valence electrons. The van der Waals surface area contributed by atoms with Gasteiger partial charge in [0.15, 0.2) is 5.82 Å². The van der Waals surface area contributed by atoms with Crippen LogP contribution in [0.4, 0.5) is 10.2 Å². The van der Waals surface area contributed by atoms with Crippen LogP contribution in [0, 0.1) is 5.82 Å². The van der Waals surface area contributed by atoms with Crippen molar-refractivity contribution < 1.29 is 13.9 Å². The van der Waals surface area contributed by atoms with E-state index in [1.807, 2.05) is 49.4 Å². The smallest absolute Gasteiger partial charge is 0.319 e. The molecule has 3 aliphatic heterocycles. The molecule has 3 aromatic carbocycles. The molecule has 43 heavy (non-hydrogen) atoms. The highest BCUT2D eigenvalue weighted by atomic mass is 35.5. The lowest BCUT2D eigenvalue weighted by atomic mass is 9.95. The molecule has 0 bridgehead atoms. The van der Waals surface area contributed by atoms with Crippen molar-refractivity contribution in [1.82, 2.24) is 19.8 Å². The van der Waals surface area contributed by atoms with Gasteiger partial charge in [-0.15, -0.1) is 0 Å². The zero-order valence-electron chi connectivity index (χ0n) is 24.4. The number of aromatic nitrogens is 2. The third-order valence-corrected chi connectivity index (χ3v) is 9.89. The van der Waals surface area contributed by atoms with Crippen LogP contribution < -0.4 is 9.64 Å². The molecule has 4 aromatic rings. The van der Waals surface area contributed by atoms with E-state index >= 15 is 4.39 Å². The van der Waals surface area contributed by atoms with E-state index in [1.54, 1.807) is 11.0 Å². The zero-order chi connectivity index (χ0) is 29.7. The Balaban J connectivity index is 1.33. The van der Waals surface area contributed by atoms with E-state index in [0.717, 1.165) is 49.5 Å². The lowest BCUT2D eigenvalue weighted by molar-refractivity contribution is -0.126. The monoisotopic (exact) mass is 599 g/mol. The van der Waals surface area contributed by atoms with E-state index in [9.17, 15) is 4.79 Å². The van der Waals surface area contributed by atoms with E-state index in [2.05, 4.69) is 16.4 Å². The number of anilines is 1. The maximum atomic E-state index is 16.7. The Hall–Kier alpha value is -3.75. The molecule has 7 rings (SSSR count). The van der Waals surface area contributed by atoms with E-state index < -0.39 is 5.82 Å². The molecule has 0 aliphatic carbocycles. The summed E-state index contributed by atoms with van der Waals surface area (Å²) in [6.07, 6.45) is 5.84. The van der Waals surface area contributed by atoms with Gasteiger partial charge < -0.3 is 14.5 Å². The minimum absolute atomic E-state index is 0.00252. The largest absolute Gasteiger partial charge is 0.461 e. The molecule has 0 spiro atoms. The van der Waals surface area contributed by atoms with Gasteiger partial charge in [0.25, 0.3) is 0 Å². The molecule has 9 heteroatoms. The molecule has 3 fully saturated rings. The van der Waals surface area contributed by atoms with Gasteiger partial charge in [0.05, 0.1) is 5.54 Å². The minimum atomic E-state index is -0.437. The highest BCUT2D eigenvalue weighted by Gasteiger charge is 2.45. The van der Waals surface area contributed by atoms with Crippen LogP contribution in [0.2, 0.25) is 5.02 Å². The number of hydrogen-bond donors (Lipinski definition) is 0. The summed E-state index contributed by atoms with van der Waals surface area (Å²) in [6, 6.07) is 15.3. The highest BCUT2D eigenvalue weighted by molar-refractivity contribution is 6.36. The first kappa shape index (κ1) is 28.0. The van der Waals surface area contributed by atoms with Crippen molar-refractivity contribution in [3.8, 4) is 17.1 Å². The van der Waals surface area contributed by atoms with Crippen molar-refractivity contribution in [3.63, 3.8) is 0 Å². The maximum Gasteiger partial charge on any atom is 0.319 e. The fourth-order valence-electron chi connectivity index (χ4n) is 7.40. The minimum Gasteiger partial charge on any atom is -0.461 e. The fourth-order valence-corrected chi connectivity index (χ4v) is 7.68. The Bertz CT molecular complexity index is 1730. The van der Waals surface area contributed by atoms with Gasteiger partial charge >= 0.3 is 6.01 Å². The summed E-state index contributed by atoms with van der Waals surface area (Å²) in [5.41, 5.74) is 1.35. The van der Waals surface area contributed by atoms with Gasteiger partial charge in [0.1, 0.15) is 17.9 Å². The summed E-state index contributed by atoms with van der Waals surface area (Å²) in [6.45, 7) is 9.92. The molecule has 4 heterocycles. The summed E-state index contributed by atoms with van der Waals surface area (Å²) < 4.78 is 23.1. The SMILES string of the molecule is C=CC(=O)N1CCN(c2nc(OCC34CCCN3CCC4)nc3c(F)c(-c4cccc5cccc(Cl)c45)ccc23)[C@@H](C)C1. The van der Waals surface area contributed by atoms with Gasteiger partial charge in [-0.25, -0.2) is 4.39 Å². The van der Waals surface area contributed by atoms with Gasteiger partial charge in [-0.2, -0.15) is 9.97 Å². The number of piperazine rings is 1. The van der Waals surface area contributed by atoms with Gasteiger partial charge in [0, 0.05) is 47.0 Å². The lowest BCUT2D eigenvalue weighted by Crippen LogP contribution is -2.53. The molecule has 0 N–H and O–H groups in total. The molecule has 0 unspecified atom stereocenters. The van der Waals surface area contributed by atoms with E-state index in [0.29, 0.717) is 53.6 Å². The molecule has 0 radical (unpaired) electrons. The van der Waals surface area contributed by atoms with Crippen molar-refractivity contribution in [1.29, 1.82) is 0 Å². The normalized spacial score (nSPS) is 20.1. The number of rotatable bonds is 6. The number of fused-ring (bicyclic) bond motifs is 3. The zero-order valence-corrected chi connectivity index (χ0v) is 25.1. The Morgan fingerprint density at radius 1 is 1.07 bits per heavy atom. The van der Waals surface area contributed by atoms with E-state index in [1.165, 1.54) is 6.08 Å². The summed E-state index contributed by atoms with van der Waals surface area (Å²) in [5, 5.41) is 2.91. The standard InChI is InChI=1S/C34H35ClFN5O2/c1-3-28(42)39-18-19-41(22(2)20-39)32-26-13-12-25(24-10-4-8-23-9-5-11-27(35)29(23)24)30(36)31(26)37-33(38-32)43-21-34-14-6-16-40(34)17-7-15-34/h3-5,8-13,22H,1,6-7,14-21H2,2H3/t22-/m0/s1. The van der Waals surface area contributed by atoms with Crippen LogP contribution in [0.5, 0.6) is 6.01 Å². The average molecular weight is 600 g/mol. The molecule has 1 amide bonds. The summed E-state index contributed by atoms with van der Waals surface area (Å²) in [4.78, 5) is 28.4. The van der Waals surface area contributed by atoms with Crippen LogP contribution in [0.25, 0.3) is 32.8 Å². The van der Waals surface area contributed by atoms with Crippen LogP contribution in [0.15, 0.2) is 61.2 Å². The van der Waals surface area contributed by atoms with Crippen molar-refractivity contribution in [2.45, 2.75) is 44.2 Å². The molecular formula is C34H35ClFN5O2. The first-order valence-electron chi connectivity index (χ1n) is 15.1. The fraction of sp³-hybridized carbons (Fsp3) is 0.382. The van der Waals surface area contributed by atoms with Crippen LogP contribution in [0.1, 0.15) is 32.6 Å². The topological polar surface area (TPSA) is 61.8 Å². The van der Waals surface area contributed by atoms with Crippen molar-refractivity contribution >= 4 is 45.0 Å². The maximum absolute atomic E-state index is 16.7. The molecule has 1 atom stereocenters. The molecular weight excluding hydrogens is 565 g/mol. The van der Waals surface area contributed by atoms with Crippen LogP contribution >= 0.6 is 11.6 Å². The molecule has 3 saturated heterocycles. The number of benzene rings is 3. The van der Waals surface area contributed by atoms with Crippen LogP contribution in [-0.4, -0.2) is 76.6 Å².